The third-order valence-electron chi connectivity index (χ3n) is 8.65. The van der Waals surface area contributed by atoms with E-state index in [0.29, 0.717) is 12.8 Å². The molecule has 3 saturated carbocycles. The van der Waals surface area contributed by atoms with E-state index in [4.69, 9.17) is 0 Å². The smallest absolute Gasteiger partial charge is 0.190 e. The van der Waals surface area contributed by atoms with Crippen molar-refractivity contribution in [2.24, 2.45) is 34.5 Å². The van der Waals surface area contributed by atoms with Crippen LogP contribution in [0.25, 0.3) is 0 Å². The lowest BCUT2D eigenvalue weighted by molar-refractivity contribution is -0.183. The van der Waals surface area contributed by atoms with E-state index >= 15 is 0 Å². The van der Waals surface area contributed by atoms with Gasteiger partial charge >= 0.3 is 0 Å². The molecule has 3 N–H and O–H groups in total. The molecule has 0 bridgehead atoms. The minimum absolute atomic E-state index is 0.00784. The van der Waals surface area contributed by atoms with Crippen molar-refractivity contribution in [3.8, 4) is 0 Å². The van der Waals surface area contributed by atoms with Gasteiger partial charge in [-0.25, -0.2) is 0 Å². The first kappa shape index (κ1) is 19.0. The molecule has 0 heterocycles. The van der Waals surface area contributed by atoms with Gasteiger partial charge in [0.1, 0.15) is 12.2 Å². The summed E-state index contributed by atoms with van der Waals surface area (Å²) >= 11 is 0. The van der Waals surface area contributed by atoms with Crippen LogP contribution in [-0.4, -0.2) is 45.2 Å². The lowest BCUT2D eigenvalue weighted by Gasteiger charge is -2.59. The quantitative estimate of drug-likeness (QED) is 0.685. The molecule has 5 nitrogen and oxygen atoms in total. The van der Waals surface area contributed by atoms with Gasteiger partial charge in [-0.3, -0.25) is 9.59 Å². The zero-order valence-electron chi connectivity index (χ0n) is 16.3. The fraction of sp³-hybridized carbons (Fsp3) is 0.727. The summed E-state index contributed by atoms with van der Waals surface area (Å²) in [6.07, 6.45) is 7.30. The Morgan fingerprint density at radius 2 is 2.04 bits per heavy atom. The van der Waals surface area contributed by atoms with Gasteiger partial charge in [0.25, 0.3) is 0 Å². The van der Waals surface area contributed by atoms with Crippen LogP contribution in [0, 0.1) is 34.5 Å². The van der Waals surface area contributed by atoms with E-state index in [1.165, 1.54) is 0 Å². The SMILES string of the molecule is C[C@@H]1C[C@H]2[C@@H]3CCC4=CC(=O)C=C[C@]4(C)[C@H]3[C@H](O)C[C@]2(C)[C@@]1(O)C(=O)CO. The molecule has 3 fully saturated rings. The molecule has 0 aromatic rings. The number of hydrogen-bond acceptors (Lipinski definition) is 5. The van der Waals surface area contributed by atoms with Crippen molar-refractivity contribution in [2.45, 2.75) is 58.2 Å². The molecular weight excluding hydrogens is 344 g/mol. The fourth-order valence-corrected chi connectivity index (χ4v) is 7.37. The number of allylic oxidation sites excluding steroid dienone is 4. The maximum absolute atomic E-state index is 12.6. The number of aliphatic hydroxyl groups excluding tert-OH is 2. The largest absolute Gasteiger partial charge is 0.393 e. The van der Waals surface area contributed by atoms with Gasteiger partial charge in [0.05, 0.1) is 6.10 Å². The van der Waals surface area contributed by atoms with Crippen molar-refractivity contribution in [2.75, 3.05) is 6.61 Å². The Kier molecular flexibility index (Phi) is 4.12. The van der Waals surface area contributed by atoms with Crippen molar-refractivity contribution in [1.29, 1.82) is 0 Å². The van der Waals surface area contributed by atoms with Gasteiger partial charge in [0.2, 0.25) is 0 Å². The van der Waals surface area contributed by atoms with Crippen LogP contribution in [0.3, 0.4) is 0 Å². The van der Waals surface area contributed by atoms with E-state index < -0.39 is 29.5 Å². The number of aliphatic hydroxyl groups is 3. The first-order valence-electron chi connectivity index (χ1n) is 10.1. The van der Waals surface area contributed by atoms with E-state index in [1.807, 2.05) is 19.9 Å². The number of fused-ring (bicyclic) bond motifs is 5. The molecule has 0 aromatic heterocycles. The number of Topliss-reactive ketones (excluding diaryl/α,β-unsaturated/α-hetero) is 1. The summed E-state index contributed by atoms with van der Waals surface area (Å²) in [5.41, 5.74) is -1.62. The highest BCUT2D eigenvalue weighted by Crippen LogP contribution is 2.68. The van der Waals surface area contributed by atoms with Crippen LogP contribution in [0.4, 0.5) is 0 Å². The molecule has 0 spiro atoms. The van der Waals surface area contributed by atoms with Crippen molar-refractivity contribution < 1.29 is 24.9 Å². The maximum Gasteiger partial charge on any atom is 0.190 e. The Labute approximate surface area is 160 Å². The van der Waals surface area contributed by atoms with Gasteiger partial charge in [-0.2, -0.15) is 0 Å². The van der Waals surface area contributed by atoms with E-state index in [0.717, 1.165) is 18.4 Å². The summed E-state index contributed by atoms with van der Waals surface area (Å²) in [4.78, 5) is 24.4. The number of ketones is 2. The van der Waals surface area contributed by atoms with Crippen molar-refractivity contribution >= 4 is 11.6 Å². The average molecular weight is 374 g/mol. The van der Waals surface area contributed by atoms with Gasteiger partial charge in [-0.15, -0.1) is 0 Å². The Bertz CT molecular complexity index is 754. The number of carbonyl (C=O) groups excluding carboxylic acids is 2. The Hall–Kier alpha value is -1.30. The molecule has 0 amide bonds. The molecule has 5 heteroatoms. The van der Waals surface area contributed by atoms with Gasteiger partial charge in [0.15, 0.2) is 11.6 Å². The highest BCUT2D eigenvalue weighted by atomic mass is 16.3. The Balaban J connectivity index is 1.78. The summed E-state index contributed by atoms with van der Waals surface area (Å²) in [5, 5.41) is 32.1. The van der Waals surface area contributed by atoms with E-state index in [9.17, 15) is 24.9 Å². The third-order valence-corrected chi connectivity index (χ3v) is 8.65. The summed E-state index contributed by atoms with van der Waals surface area (Å²) < 4.78 is 0. The normalized spacial score (nSPS) is 51.3. The van der Waals surface area contributed by atoms with Gasteiger partial charge in [0, 0.05) is 16.7 Å². The lowest BCUT2D eigenvalue weighted by Crippen LogP contribution is -2.62. The van der Waals surface area contributed by atoms with Crippen LogP contribution in [0.15, 0.2) is 23.8 Å². The molecule has 0 aliphatic heterocycles. The first-order chi connectivity index (χ1) is 12.6. The van der Waals surface area contributed by atoms with Crippen LogP contribution in [0.1, 0.15) is 46.5 Å². The molecule has 0 unspecified atom stereocenters. The summed E-state index contributed by atoms with van der Waals surface area (Å²) in [6, 6.07) is 0. The van der Waals surface area contributed by atoms with Gasteiger partial charge in [-0.1, -0.05) is 32.4 Å². The molecule has 8 atom stereocenters. The Morgan fingerprint density at radius 1 is 1.33 bits per heavy atom. The summed E-state index contributed by atoms with van der Waals surface area (Å²) in [5.74, 6) is -0.539. The fourth-order valence-electron chi connectivity index (χ4n) is 7.37. The van der Waals surface area contributed by atoms with E-state index in [1.54, 1.807) is 12.2 Å². The first-order valence-corrected chi connectivity index (χ1v) is 10.1. The standard InChI is InChI=1S/C22H30O5/c1-12-8-16-15-5-4-13-9-14(24)6-7-20(13,2)19(15)17(25)10-21(16,3)22(12,27)18(26)11-23/h6-7,9,12,15-17,19,23,25,27H,4-5,8,10-11H2,1-3H3/t12-,15+,16+,17-,19-,20+,21+,22+/m1/s1. The van der Waals surface area contributed by atoms with Gasteiger partial charge < -0.3 is 15.3 Å². The molecule has 4 aliphatic carbocycles. The molecule has 0 aromatic carbocycles. The van der Waals surface area contributed by atoms with Gasteiger partial charge in [-0.05, 0) is 55.6 Å². The molecule has 0 radical (unpaired) electrons. The topological polar surface area (TPSA) is 94.8 Å². The zero-order chi connectivity index (χ0) is 19.8. The van der Waals surface area contributed by atoms with Crippen molar-refractivity contribution in [3.05, 3.63) is 23.8 Å². The summed E-state index contributed by atoms with van der Waals surface area (Å²) in [6.45, 7) is 5.23. The number of hydrogen-bond donors (Lipinski definition) is 3. The van der Waals surface area contributed by atoms with Crippen molar-refractivity contribution in [1.82, 2.24) is 0 Å². The average Bonchev–Trinajstić information content (AvgIpc) is 2.82. The Morgan fingerprint density at radius 3 is 2.70 bits per heavy atom. The second-order valence-electron chi connectivity index (χ2n) is 9.70. The predicted molar refractivity (Wildman–Crippen MR) is 99.6 cm³/mol. The van der Waals surface area contributed by atoms with Crippen LogP contribution in [-0.2, 0) is 9.59 Å². The maximum atomic E-state index is 12.6. The predicted octanol–water partition coefficient (Wildman–Crippen LogP) is 1.80. The highest BCUT2D eigenvalue weighted by Gasteiger charge is 2.70. The van der Waals surface area contributed by atoms with Crippen LogP contribution in [0.5, 0.6) is 0 Å². The summed E-state index contributed by atoms with van der Waals surface area (Å²) in [7, 11) is 0. The highest BCUT2D eigenvalue weighted by molar-refractivity contribution is 6.01. The van der Waals surface area contributed by atoms with Crippen molar-refractivity contribution in [3.63, 3.8) is 0 Å². The van der Waals surface area contributed by atoms with E-state index in [-0.39, 0.29) is 34.9 Å². The van der Waals surface area contributed by atoms with Crippen LogP contribution < -0.4 is 0 Å². The van der Waals surface area contributed by atoms with Crippen LogP contribution in [0.2, 0.25) is 0 Å². The molecular formula is C22H30O5. The van der Waals surface area contributed by atoms with Crippen LogP contribution >= 0.6 is 0 Å². The third kappa shape index (κ3) is 2.22. The minimum atomic E-state index is -1.60. The minimum Gasteiger partial charge on any atom is -0.393 e. The molecule has 27 heavy (non-hydrogen) atoms. The monoisotopic (exact) mass is 374 g/mol. The molecule has 4 rings (SSSR count). The molecule has 148 valence electrons. The lowest BCUT2D eigenvalue weighted by atomic mass is 9.46. The molecule has 4 aliphatic rings. The second kappa shape index (κ2) is 5.85. The second-order valence-corrected chi connectivity index (χ2v) is 9.70. The number of rotatable bonds is 2. The zero-order valence-corrected chi connectivity index (χ0v) is 16.3. The molecule has 0 saturated heterocycles. The van der Waals surface area contributed by atoms with E-state index in [2.05, 4.69) is 6.92 Å². The number of carbonyl (C=O) groups is 2.